The van der Waals surface area contributed by atoms with E-state index in [4.69, 9.17) is 0 Å². The highest BCUT2D eigenvalue weighted by atomic mass is 16.1. The van der Waals surface area contributed by atoms with Gasteiger partial charge in [0.15, 0.2) is 5.82 Å². The standard InChI is InChI=1S/C28H34N6O/c1-3-9-26(27-30-31-32-34(27)18-21-10-5-4-6-11-21)33(24-12-7-8-13-24)19-23-17-22-15-14-20(2)16-25(22)29-28(23)35/h4-6,10-11,14-17,24,26H,3,7-9,12-13,18-19H2,1-2H3,(H,29,35)/t26-/m1/s1. The molecule has 0 bridgehead atoms. The summed E-state index contributed by atoms with van der Waals surface area (Å²) >= 11 is 0. The van der Waals surface area contributed by atoms with Crippen LogP contribution in [-0.4, -0.2) is 36.1 Å². The number of fused-ring (bicyclic) bond motifs is 1. The topological polar surface area (TPSA) is 79.7 Å². The number of hydrogen-bond donors (Lipinski definition) is 1. The molecule has 1 atom stereocenters. The molecule has 1 N–H and O–H groups in total. The Hall–Kier alpha value is -3.32. The van der Waals surface area contributed by atoms with Gasteiger partial charge >= 0.3 is 0 Å². The smallest absolute Gasteiger partial charge is 0.252 e. The summed E-state index contributed by atoms with van der Waals surface area (Å²) < 4.78 is 1.94. The number of aromatic amines is 1. The second-order valence-corrected chi connectivity index (χ2v) is 9.81. The minimum Gasteiger partial charge on any atom is -0.322 e. The number of H-pyrrole nitrogens is 1. The SMILES string of the molecule is CCC[C@H](c1nnnn1Cc1ccccc1)N(Cc1cc2ccc(C)cc2[nH]c1=O)C1CCCC1. The summed E-state index contributed by atoms with van der Waals surface area (Å²) in [5, 5.41) is 14.0. The van der Waals surface area contributed by atoms with Gasteiger partial charge in [-0.2, -0.15) is 0 Å². The van der Waals surface area contributed by atoms with Crippen LogP contribution < -0.4 is 5.56 Å². The van der Waals surface area contributed by atoms with Gasteiger partial charge in [-0.1, -0.05) is 68.7 Å². The van der Waals surface area contributed by atoms with Crippen molar-refractivity contribution in [2.45, 2.75) is 77.5 Å². The van der Waals surface area contributed by atoms with Crippen LogP contribution in [0.1, 0.15) is 74.0 Å². The van der Waals surface area contributed by atoms with E-state index >= 15 is 0 Å². The van der Waals surface area contributed by atoms with Crippen LogP contribution in [0.4, 0.5) is 0 Å². The van der Waals surface area contributed by atoms with E-state index in [-0.39, 0.29) is 11.6 Å². The van der Waals surface area contributed by atoms with Crippen LogP contribution in [0, 0.1) is 6.92 Å². The van der Waals surface area contributed by atoms with Crippen molar-refractivity contribution in [2.24, 2.45) is 0 Å². The van der Waals surface area contributed by atoms with E-state index in [2.05, 4.69) is 62.7 Å². The number of aromatic nitrogens is 5. The Morgan fingerprint density at radius 1 is 1.11 bits per heavy atom. The third kappa shape index (κ3) is 5.20. The number of rotatable bonds is 9. The van der Waals surface area contributed by atoms with Crippen LogP contribution in [-0.2, 0) is 13.1 Å². The van der Waals surface area contributed by atoms with Crippen molar-refractivity contribution < 1.29 is 0 Å². The first-order valence-corrected chi connectivity index (χ1v) is 12.8. The summed E-state index contributed by atoms with van der Waals surface area (Å²) in [5.41, 5.74) is 4.00. The Labute approximate surface area is 206 Å². The van der Waals surface area contributed by atoms with Gasteiger partial charge in [0, 0.05) is 23.7 Å². The van der Waals surface area contributed by atoms with E-state index < -0.39 is 0 Å². The van der Waals surface area contributed by atoms with Crippen LogP contribution in [0.3, 0.4) is 0 Å². The molecule has 2 heterocycles. The van der Waals surface area contributed by atoms with E-state index in [1.54, 1.807) is 0 Å². The third-order valence-corrected chi connectivity index (χ3v) is 7.22. The van der Waals surface area contributed by atoms with Gasteiger partial charge in [0.05, 0.1) is 12.6 Å². The Morgan fingerprint density at radius 2 is 1.91 bits per heavy atom. The highest BCUT2D eigenvalue weighted by Crippen LogP contribution is 2.34. The molecule has 5 rings (SSSR count). The summed E-state index contributed by atoms with van der Waals surface area (Å²) in [7, 11) is 0. The second kappa shape index (κ2) is 10.5. The Morgan fingerprint density at radius 3 is 2.69 bits per heavy atom. The highest BCUT2D eigenvalue weighted by molar-refractivity contribution is 5.79. The quantitative estimate of drug-likeness (QED) is 0.366. The molecule has 2 aromatic heterocycles. The zero-order valence-corrected chi connectivity index (χ0v) is 20.7. The van der Waals surface area contributed by atoms with Gasteiger partial charge in [-0.25, -0.2) is 4.68 Å². The van der Waals surface area contributed by atoms with Crippen molar-refractivity contribution >= 4 is 10.9 Å². The molecule has 4 aromatic rings. The molecule has 0 unspecified atom stereocenters. The molecule has 7 heteroatoms. The van der Waals surface area contributed by atoms with Crippen LogP contribution in [0.5, 0.6) is 0 Å². The van der Waals surface area contributed by atoms with E-state index in [1.165, 1.54) is 18.4 Å². The Bertz CT molecular complexity index is 1320. The summed E-state index contributed by atoms with van der Waals surface area (Å²) in [4.78, 5) is 18.8. The van der Waals surface area contributed by atoms with Crippen LogP contribution >= 0.6 is 0 Å². The lowest BCUT2D eigenvalue weighted by molar-refractivity contribution is 0.108. The fourth-order valence-electron chi connectivity index (χ4n) is 5.44. The molecule has 7 nitrogen and oxygen atoms in total. The second-order valence-electron chi connectivity index (χ2n) is 9.81. The number of benzene rings is 2. The van der Waals surface area contributed by atoms with Crippen LogP contribution in [0.15, 0.2) is 59.4 Å². The Kier molecular flexibility index (Phi) is 7.04. The Balaban J connectivity index is 1.51. The molecule has 0 spiro atoms. The van der Waals surface area contributed by atoms with Gasteiger partial charge in [-0.15, -0.1) is 5.10 Å². The molecule has 2 aromatic carbocycles. The van der Waals surface area contributed by atoms with Crippen LogP contribution in [0.25, 0.3) is 10.9 Å². The molecule has 0 aliphatic heterocycles. The molecular weight excluding hydrogens is 436 g/mol. The predicted octanol–water partition coefficient (Wildman–Crippen LogP) is 5.16. The number of nitrogens with one attached hydrogen (secondary N) is 1. The summed E-state index contributed by atoms with van der Waals surface area (Å²) in [6.45, 7) is 5.48. The third-order valence-electron chi connectivity index (χ3n) is 7.22. The number of nitrogens with zero attached hydrogens (tertiary/aromatic N) is 5. The molecule has 1 saturated carbocycles. The van der Waals surface area contributed by atoms with Gasteiger partial charge in [0.1, 0.15) is 0 Å². The fraction of sp³-hybridized carbons (Fsp3) is 0.429. The first-order valence-electron chi connectivity index (χ1n) is 12.8. The predicted molar refractivity (Wildman–Crippen MR) is 138 cm³/mol. The van der Waals surface area contributed by atoms with Gasteiger partial charge in [-0.3, -0.25) is 9.69 Å². The van der Waals surface area contributed by atoms with Crippen molar-refractivity contribution in [3.05, 3.63) is 87.5 Å². The van der Waals surface area contributed by atoms with Crippen molar-refractivity contribution in [1.82, 2.24) is 30.1 Å². The van der Waals surface area contributed by atoms with E-state index in [9.17, 15) is 4.79 Å². The highest BCUT2D eigenvalue weighted by Gasteiger charge is 2.33. The van der Waals surface area contributed by atoms with Gasteiger partial charge in [0.25, 0.3) is 5.56 Å². The van der Waals surface area contributed by atoms with Gasteiger partial charge in [0.2, 0.25) is 0 Å². The van der Waals surface area contributed by atoms with Crippen molar-refractivity contribution in [3.8, 4) is 0 Å². The molecule has 1 aliphatic rings. The summed E-state index contributed by atoms with van der Waals surface area (Å²) in [6, 6.07) is 19.1. The molecule has 182 valence electrons. The molecule has 0 radical (unpaired) electrons. The normalized spacial score (nSPS) is 15.3. The largest absolute Gasteiger partial charge is 0.322 e. The average molecular weight is 471 g/mol. The molecule has 0 saturated heterocycles. The minimum atomic E-state index is -0.00905. The first-order chi connectivity index (χ1) is 17.1. The molecule has 1 fully saturated rings. The summed E-state index contributed by atoms with van der Waals surface area (Å²) in [5.74, 6) is 0.885. The van der Waals surface area contributed by atoms with Crippen molar-refractivity contribution in [2.75, 3.05) is 0 Å². The van der Waals surface area contributed by atoms with Gasteiger partial charge in [-0.05, 0) is 65.3 Å². The molecule has 1 aliphatic carbocycles. The summed E-state index contributed by atoms with van der Waals surface area (Å²) in [6.07, 6.45) is 6.69. The lowest BCUT2D eigenvalue weighted by Crippen LogP contribution is -2.39. The lowest BCUT2D eigenvalue weighted by Gasteiger charge is -2.35. The lowest BCUT2D eigenvalue weighted by atomic mass is 10.0. The monoisotopic (exact) mass is 470 g/mol. The number of hydrogen-bond acceptors (Lipinski definition) is 5. The maximum atomic E-state index is 13.1. The maximum Gasteiger partial charge on any atom is 0.252 e. The van der Waals surface area contributed by atoms with Gasteiger partial charge < -0.3 is 4.98 Å². The van der Waals surface area contributed by atoms with Crippen molar-refractivity contribution in [3.63, 3.8) is 0 Å². The van der Waals surface area contributed by atoms with E-state index in [0.717, 1.165) is 53.5 Å². The number of pyridine rings is 1. The fourth-order valence-corrected chi connectivity index (χ4v) is 5.44. The number of tetrazole rings is 1. The van der Waals surface area contributed by atoms with E-state index in [1.807, 2.05) is 35.9 Å². The minimum absolute atomic E-state index is 0.00905. The molecular formula is C28H34N6O. The van der Waals surface area contributed by atoms with Crippen molar-refractivity contribution in [1.29, 1.82) is 0 Å². The zero-order valence-electron chi connectivity index (χ0n) is 20.7. The number of aryl methyl sites for hydroxylation is 1. The van der Waals surface area contributed by atoms with E-state index in [0.29, 0.717) is 19.1 Å². The molecule has 35 heavy (non-hydrogen) atoms. The van der Waals surface area contributed by atoms with Crippen LogP contribution in [0.2, 0.25) is 0 Å². The average Bonchev–Trinajstić information content (AvgIpc) is 3.55. The first kappa shape index (κ1) is 23.4. The zero-order chi connectivity index (χ0) is 24.2. The molecule has 0 amide bonds. The maximum absolute atomic E-state index is 13.1.